The maximum Gasteiger partial charge on any atom is 0.529 e. The van der Waals surface area contributed by atoms with Crippen LogP contribution >= 0.6 is 7.82 Å². The Labute approximate surface area is 254 Å². The third kappa shape index (κ3) is 7.13. The molecule has 1 aromatic heterocycles. The Balaban J connectivity index is 1.27. The van der Waals surface area contributed by atoms with Crippen LogP contribution in [0.25, 0.3) is 10.9 Å². The summed E-state index contributed by atoms with van der Waals surface area (Å²) in [6.07, 6.45) is 7.17. The number of allylic oxidation sites excluding steroid dienone is 2. The number of benzene rings is 2. The summed E-state index contributed by atoms with van der Waals surface area (Å²) in [7, 11) is -0.494. The van der Waals surface area contributed by atoms with Gasteiger partial charge in [-0.05, 0) is 103 Å². The van der Waals surface area contributed by atoms with E-state index in [9.17, 15) is 9.46 Å². The second kappa shape index (κ2) is 12.7. The van der Waals surface area contributed by atoms with Gasteiger partial charge in [0.05, 0.1) is 0 Å². The van der Waals surface area contributed by atoms with Gasteiger partial charge in [0.2, 0.25) is 0 Å². The number of aromatic nitrogens is 1. The highest BCUT2D eigenvalue weighted by atomic mass is 31.2. The lowest BCUT2D eigenvalue weighted by Crippen LogP contribution is -2.45. The van der Waals surface area contributed by atoms with Crippen LogP contribution in [0.15, 0.2) is 48.2 Å². The summed E-state index contributed by atoms with van der Waals surface area (Å²) >= 11 is 0. The third-order valence-electron chi connectivity index (χ3n) is 8.52. The highest BCUT2D eigenvalue weighted by Gasteiger charge is 2.45. The minimum absolute atomic E-state index is 0.168. The minimum atomic E-state index is -4.50. The number of aryl methyl sites for hydroxylation is 1. The molecule has 1 aliphatic carbocycles. The van der Waals surface area contributed by atoms with Crippen molar-refractivity contribution < 1.29 is 32.7 Å². The number of rotatable bonds is 12. The van der Waals surface area contributed by atoms with Crippen molar-refractivity contribution in [2.75, 3.05) is 27.4 Å². The zero-order valence-corrected chi connectivity index (χ0v) is 27.2. The lowest BCUT2D eigenvalue weighted by Gasteiger charge is -2.47. The second-order valence-corrected chi connectivity index (χ2v) is 13.8. The minimum Gasteiger partial charge on any atom is -0.487 e. The monoisotopic (exact) mass is 612 g/mol. The third-order valence-corrected chi connectivity index (χ3v) is 9.38. The van der Waals surface area contributed by atoms with Crippen molar-refractivity contribution in [1.82, 2.24) is 9.88 Å². The van der Waals surface area contributed by atoms with Crippen molar-refractivity contribution in [2.45, 2.75) is 78.1 Å². The quantitative estimate of drug-likeness (QED) is 0.124. The van der Waals surface area contributed by atoms with Crippen LogP contribution in [0.5, 0.6) is 17.2 Å². The smallest absolute Gasteiger partial charge is 0.487 e. The van der Waals surface area contributed by atoms with Crippen LogP contribution in [-0.4, -0.2) is 54.1 Å². The van der Waals surface area contributed by atoms with Crippen LogP contribution in [-0.2, 0) is 26.7 Å². The van der Waals surface area contributed by atoms with Crippen LogP contribution in [0.2, 0.25) is 0 Å². The summed E-state index contributed by atoms with van der Waals surface area (Å²) in [6.45, 7) is 10.7. The zero-order valence-electron chi connectivity index (χ0n) is 26.3. The van der Waals surface area contributed by atoms with Gasteiger partial charge in [0.1, 0.15) is 22.8 Å². The van der Waals surface area contributed by atoms with Gasteiger partial charge in [-0.25, -0.2) is 9.09 Å². The summed E-state index contributed by atoms with van der Waals surface area (Å²) < 4.78 is 42.3. The first kappa shape index (κ1) is 31.6. The van der Waals surface area contributed by atoms with Gasteiger partial charge in [-0.2, -0.15) is 0 Å². The number of hydrogen-bond donors (Lipinski definition) is 2. The molecule has 10 heteroatoms. The molecule has 2 aromatic carbocycles. The zero-order chi connectivity index (χ0) is 30.9. The van der Waals surface area contributed by atoms with Crippen LogP contribution < -0.4 is 14.0 Å². The molecule has 0 spiro atoms. The fourth-order valence-corrected chi connectivity index (χ4v) is 6.90. The number of ether oxygens (including phenoxy) is 3. The number of phosphoric acid groups is 1. The van der Waals surface area contributed by atoms with Gasteiger partial charge < -0.3 is 28.6 Å². The molecule has 1 aliphatic heterocycles. The molecule has 0 amide bonds. The molecular formula is C33H45N2O7P. The highest BCUT2D eigenvalue weighted by molar-refractivity contribution is 7.47. The molecular weight excluding hydrogens is 567 g/mol. The SMILES string of the molecule is CCc1cc(OC(C)OCOP(=O)(O)Oc2cccc3[nH]cc(CCN(C)C)c23)c2c(c1)OC(C)(C)C1CCC(C)=CC21. The van der Waals surface area contributed by atoms with Crippen LogP contribution in [0.1, 0.15) is 70.1 Å². The predicted octanol–water partition coefficient (Wildman–Crippen LogP) is 7.34. The summed E-state index contributed by atoms with van der Waals surface area (Å²) in [5.74, 6) is 2.31. The van der Waals surface area contributed by atoms with Gasteiger partial charge in [-0.15, -0.1) is 0 Å². The first-order valence-corrected chi connectivity index (χ1v) is 16.6. The van der Waals surface area contributed by atoms with Crippen molar-refractivity contribution >= 4 is 18.7 Å². The molecule has 234 valence electrons. The van der Waals surface area contributed by atoms with Gasteiger partial charge in [-0.1, -0.05) is 24.6 Å². The predicted molar refractivity (Wildman–Crippen MR) is 168 cm³/mol. The van der Waals surface area contributed by atoms with E-state index in [1.54, 1.807) is 19.1 Å². The first-order chi connectivity index (χ1) is 20.4. The molecule has 2 N–H and O–H groups in total. The molecule has 2 aliphatic rings. The molecule has 43 heavy (non-hydrogen) atoms. The molecule has 0 saturated carbocycles. The van der Waals surface area contributed by atoms with Gasteiger partial charge >= 0.3 is 7.82 Å². The molecule has 0 saturated heterocycles. The lowest BCUT2D eigenvalue weighted by molar-refractivity contribution is -0.122. The van der Waals surface area contributed by atoms with Crippen LogP contribution in [0.4, 0.5) is 0 Å². The van der Waals surface area contributed by atoms with E-state index in [1.165, 1.54) is 5.57 Å². The number of hydrogen-bond acceptors (Lipinski definition) is 7. The molecule has 3 aromatic rings. The Hall–Kier alpha value is -2.81. The maximum absolute atomic E-state index is 12.9. The number of fused-ring (bicyclic) bond motifs is 4. The van der Waals surface area contributed by atoms with Gasteiger partial charge in [0, 0.05) is 41.0 Å². The van der Waals surface area contributed by atoms with E-state index in [0.717, 1.165) is 65.6 Å². The number of nitrogens with one attached hydrogen (secondary N) is 1. The molecule has 9 nitrogen and oxygen atoms in total. The van der Waals surface area contributed by atoms with Crippen molar-refractivity contribution in [3.8, 4) is 17.2 Å². The van der Waals surface area contributed by atoms with Crippen molar-refractivity contribution in [2.24, 2.45) is 5.92 Å². The van der Waals surface area contributed by atoms with Crippen molar-refractivity contribution in [1.29, 1.82) is 0 Å². The van der Waals surface area contributed by atoms with E-state index >= 15 is 0 Å². The Bertz CT molecular complexity index is 1530. The molecule has 2 heterocycles. The average Bonchev–Trinajstić information content (AvgIpc) is 3.35. The molecule has 4 atom stereocenters. The van der Waals surface area contributed by atoms with E-state index in [0.29, 0.717) is 11.7 Å². The van der Waals surface area contributed by atoms with E-state index in [-0.39, 0.29) is 17.3 Å². The second-order valence-electron chi connectivity index (χ2n) is 12.5. The Kier molecular flexibility index (Phi) is 9.31. The summed E-state index contributed by atoms with van der Waals surface area (Å²) in [5, 5.41) is 0.760. The fraction of sp³-hybridized carbons (Fsp3) is 0.515. The van der Waals surface area contributed by atoms with Crippen molar-refractivity contribution in [3.63, 3.8) is 0 Å². The molecule has 0 fully saturated rings. The van der Waals surface area contributed by atoms with E-state index in [1.807, 2.05) is 32.4 Å². The van der Waals surface area contributed by atoms with Crippen molar-refractivity contribution in [3.05, 3.63) is 64.9 Å². The standard InChI is InChI=1S/C33H45N2O7P/c1-8-23-17-29(32-25-16-21(2)12-13-26(25)33(4,5)41-30(32)18-23)40-22(3)38-20-39-43(36,37)42-28-11-9-10-27-31(28)24(19-34-27)14-15-35(6)7/h9-11,16-19,22,25-26,34H,8,12-15,20H2,1-7H3,(H,36,37). The van der Waals surface area contributed by atoms with E-state index < -0.39 is 20.9 Å². The normalized spacial score (nSPS) is 21.4. The Morgan fingerprint density at radius 1 is 1.23 bits per heavy atom. The van der Waals surface area contributed by atoms with E-state index in [4.69, 9.17) is 23.3 Å². The topological polar surface area (TPSA) is 102 Å². The number of H-pyrrole nitrogens is 1. The number of nitrogens with zero attached hydrogens (tertiary/aromatic N) is 1. The largest absolute Gasteiger partial charge is 0.529 e. The summed E-state index contributed by atoms with van der Waals surface area (Å²) in [5.41, 5.74) is 5.01. The summed E-state index contributed by atoms with van der Waals surface area (Å²) in [4.78, 5) is 15.8. The van der Waals surface area contributed by atoms with Gasteiger partial charge in [-0.3, -0.25) is 4.89 Å². The highest BCUT2D eigenvalue weighted by Crippen LogP contribution is 2.54. The molecule has 4 unspecified atom stereocenters. The lowest BCUT2D eigenvalue weighted by atomic mass is 9.68. The fourth-order valence-electron chi connectivity index (χ4n) is 6.26. The van der Waals surface area contributed by atoms with Gasteiger partial charge in [0.15, 0.2) is 13.1 Å². The number of likely N-dealkylation sites (N-methyl/N-ethyl adjacent to an activating group) is 1. The molecule has 0 bridgehead atoms. The Morgan fingerprint density at radius 3 is 2.77 bits per heavy atom. The molecule has 5 rings (SSSR count). The Morgan fingerprint density at radius 2 is 2.02 bits per heavy atom. The van der Waals surface area contributed by atoms with Crippen LogP contribution in [0, 0.1) is 5.92 Å². The number of phosphoric ester groups is 1. The molecule has 0 radical (unpaired) electrons. The summed E-state index contributed by atoms with van der Waals surface area (Å²) in [6, 6.07) is 9.48. The maximum atomic E-state index is 12.9. The van der Waals surface area contributed by atoms with Crippen LogP contribution in [0.3, 0.4) is 0 Å². The first-order valence-electron chi connectivity index (χ1n) is 15.1. The number of aromatic amines is 1. The van der Waals surface area contributed by atoms with E-state index in [2.05, 4.69) is 49.7 Å². The van der Waals surface area contributed by atoms with Gasteiger partial charge in [0.25, 0.3) is 0 Å². The average molecular weight is 613 g/mol.